The van der Waals surface area contributed by atoms with Gasteiger partial charge in [0.2, 0.25) is 0 Å². The maximum absolute atomic E-state index is 12.7. The van der Waals surface area contributed by atoms with Crippen LogP contribution in [0.2, 0.25) is 0 Å². The molecule has 0 aromatic heterocycles. The van der Waals surface area contributed by atoms with Crippen LogP contribution < -0.4 is 9.47 Å². The first-order valence-corrected chi connectivity index (χ1v) is 18.0. The molecular weight excluding hydrogens is 644 g/mol. The highest BCUT2D eigenvalue weighted by atomic mass is 16.5. The molecule has 4 aromatic carbocycles. The summed E-state index contributed by atoms with van der Waals surface area (Å²) in [5, 5.41) is 18.2. The first kappa shape index (κ1) is 31.7. The molecule has 5 aliphatic rings. The van der Waals surface area contributed by atoms with Gasteiger partial charge in [-0.05, 0) is 175 Å². The first-order valence-electron chi connectivity index (χ1n) is 18.0. The molecule has 0 saturated heterocycles. The second-order valence-electron chi connectivity index (χ2n) is 15.4. The second-order valence-corrected chi connectivity index (χ2v) is 15.4. The number of carboxylic acids is 2. The molecule has 0 aliphatic heterocycles. The number of ether oxygens (including phenoxy) is 2. The number of carbonyl (C=O) groups excluding carboxylic acids is 2. The summed E-state index contributed by atoms with van der Waals surface area (Å²) in [6, 6.07) is 27.6. The van der Waals surface area contributed by atoms with Gasteiger partial charge in [-0.1, -0.05) is 24.3 Å². The summed E-state index contributed by atoms with van der Waals surface area (Å²) in [7, 11) is 0. The summed E-state index contributed by atoms with van der Waals surface area (Å²) >= 11 is 0. The fourth-order valence-corrected chi connectivity index (χ4v) is 11.4. The average Bonchev–Trinajstić information content (AvgIpc) is 3.97. The zero-order valence-electron chi connectivity index (χ0n) is 27.9. The summed E-state index contributed by atoms with van der Waals surface area (Å²) in [5.41, 5.74) is 3.53. The molecule has 8 nitrogen and oxygen atoms in total. The van der Waals surface area contributed by atoms with Gasteiger partial charge < -0.3 is 19.7 Å². The van der Waals surface area contributed by atoms with Crippen LogP contribution in [0.5, 0.6) is 11.5 Å². The van der Waals surface area contributed by atoms with E-state index in [4.69, 9.17) is 19.7 Å². The van der Waals surface area contributed by atoms with Crippen LogP contribution in [0.15, 0.2) is 97.1 Å². The van der Waals surface area contributed by atoms with Crippen molar-refractivity contribution >= 4 is 23.9 Å². The first-order chi connectivity index (χ1) is 24.7. The van der Waals surface area contributed by atoms with E-state index < -0.39 is 23.9 Å². The summed E-state index contributed by atoms with van der Waals surface area (Å²) in [6.45, 7) is 0. The van der Waals surface area contributed by atoms with E-state index in [1.54, 1.807) is 0 Å². The molecule has 10 atom stereocenters. The third-order valence-electron chi connectivity index (χ3n) is 13.2. The van der Waals surface area contributed by atoms with Gasteiger partial charge in [-0.15, -0.1) is 0 Å². The van der Waals surface area contributed by atoms with E-state index in [1.165, 1.54) is 91.8 Å². The zero-order chi connectivity index (χ0) is 35.0. The zero-order valence-corrected chi connectivity index (χ0v) is 27.9. The smallest absolute Gasteiger partial charge is 0.343 e. The van der Waals surface area contributed by atoms with Crippen molar-refractivity contribution in [3.8, 4) is 11.5 Å². The van der Waals surface area contributed by atoms with E-state index in [1.807, 2.05) is 24.3 Å². The third kappa shape index (κ3) is 5.43. The molecule has 0 radical (unpaired) electrons. The molecule has 5 fully saturated rings. The van der Waals surface area contributed by atoms with Gasteiger partial charge >= 0.3 is 23.9 Å². The van der Waals surface area contributed by atoms with Crippen LogP contribution in [0.1, 0.15) is 96.5 Å². The van der Waals surface area contributed by atoms with Crippen molar-refractivity contribution < 1.29 is 38.9 Å². The molecule has 0 amide bonds. The quantitative estimate of drug-likeness (QED) is 0.108. The van der Waals surface area contributed by atoms with E-state index in [2.05, 4.69) is 24.3 Å². The highest BCUT2D eigenvalue weighted by molar-refractivity contribution is 5.94. The van der Waals surface area contributed by atoms with Crippen molar-refractivity contribution in [2.45, 2.75) is 43.9 Å². The minimum Gasteiger partial charge on any atom is -0.478 e. The normalized spacial score (nSPS) is 30.8. The van der Waals surface area contributed by atoms with Gasteiger partial charge in [-0.25, -0.2) is 19.2 Å². The number of aromatic carboxylic acids is 2. The van der Waals surface area contributed by atoms with Crippen molar-refractivity contribution in [1.82, 2.24) is 0 Å². The Bertz CT molecular complexity index is 2020. The summed E-state index contributed by atoms with van der Waals surface area (Å²) in [4.78, 5) is 47.5. The van der Waals surface area contributed by atoms with Crippen LogP contribution in [0.25, 0.3) is 0 Å². The van der Waals surface area contributed by atoms with E-state index in [-0.39, 0.29) is 11.1 Å². The number of carboxylic acid groups (broad SMARTS) is 2. The number of hydrogen-bond acceptors (Lipinski definition) is 6. The number of esters is 2. The van der Waals surface area contributed by atoms with E-state index in [0.717, 1.165) is 41.4 Å². The lowest BCUT2D eigenvalue weighted by molar-refractivity contribution is 0.0623. The van der Waals surface area contributed by atoms with Gasteiger partial charge in [0.15, 0.2) is 0 Å². The SMILES string of the molecule is O=C(O)c1ccc(C(=O)Oc2ccc(C3CC4C(C3)C3CC4C4C5CC(c6ccc(OC(=O)c7ccc(C(=O)O)cc7)cc6)C(C5)C34)cc2)cc1. The van der Waals surface area contributed by atoms with Gasteiger partial charge in [-0.3, -0.25) is 0 Å². The van der Waals surface area contributed by atoms with E-state index >= 15 is 0 Å². The van der Waals surface area contributed by atoms with Crippen LogP contribution in [0.3, 0.4) is 0 Å². The van der Waals surface area contributed by atoms with Crippen molar-refractivity contribution in [3.05, 3.63) is 130 Å². The fourth-order valence-electron chi connectivity index (χ4n) is 11.4. The van der Waals surface area contributed by atoms with Crippen LogP contribution in [0, 0.1) is 47.3 Å². The largest absolute Gasteiger partial charge is 0.478 e. The summed E-state index contributed by atoms with van der Waals surface area (Å²) in [5.74, 6) is 5.35. The Morgan fingerprint density at radius 2 is 0.902 bits per heavy atom. The van der Waals surface area contributed by atoms with Crippen LogP contribution >= 0.6 is 0 Å². The Morgan fingerprint density at radius 3 is 1.39 bits per heavy atom. The Labute approximate surface area is 295 Å². The van der Waals surface area contributed by atoms with Crippen molar-refractivity contribution in [2.75, 3.05) is 0 Å². The Kier molecular flexibility index (Phi) is 7.60. The molecule has 10 unspecified atom stereocenters. The molecule has 9 rings (SSSR count). The topological polar surface area (TPSA) is 127 Å². The molecular formula is C43H38O8. The highest BCUT2D eigenvalue weighted by Crippen LogP contribution is 2.75. The standard InChI is InChI=1S/C43H38O8/c44-40(45)24-1-5-26(6-2-24)42(48)50-30-13-9-22(10-14-30)28-17-33-34(18-28)37-21-36(33)38-29-19-32(35(20-29)39(37)38)23-11-15-31(16-12-23)51-43(49)27-7-3-25(4-8-27)41(46)47/h1-16,28-29,32-39H,17-21H2,(H,44,45)(H,46,47). The molecule has 4 aromatic rings. The minimum absolute atomic E-state index is 0.125. The van der Waals surface area contributed by atoms with Crippen molar-refractivity contribution in [2.24, 2.45) is 47.3 Å². The highest BCUT2D eigenvalue weighted by Gasteiger charge is 2.68. The third-order valence-corrected chi connectivity index (χ3v) is 13.2. The van der Waals surface area contributed by atoms with E-state index in [0.29, 0.717) is 40.4 Å². The second kappa shape index (κ2) is 12.2. The molecule has 258 valence electrons. The monoisotopic (exact) mass is 682 g/mol. The van der Waals surface area contributed by atoms with Gasteiger partial charge in [0.25, 0.3) is 0 Å². The molecule has 51 heavy (non-hydrogen) atoms. The molecule has 0 heterocycles. The molecule has 8 heteroatoms. The maximum Gasteiger partial charge on any atom is 0.343 e. The minimum atomic E-state index is -1.04. The predicted molar refractivity (Wildman–Crippen MR) is 186 cm³/mol. The Hall–Kier alpha value is -5.24. The van der Waals surface area contributed by atoms with Gasteiger partial charge in [0, 0.05) is 0 Å². The van der Waals surface area contributed by atoms with Gasteiger partial charge in [0.1, 0.15) is 11.5 Å². The van der Waals surface area contributed by atoms with Crippen molar-refractivity contribution in [3.63, 3.8) is 0 Å². The lowest BCUT2D eigenvalue weighted by Crippen LogP contribution is -2.38. The van der Waals surface area contributed by atoms with Gasteiger partial charge in [0.05, 0.1) is 22.3 Å². The molecule has 5 saturated carbocycles. The maximum atomic E-state index is 12.7. The molecule has 5 aliphatic carbocycles. The van der Waals surface area contributed by atoms with E-state index in [9.17, 15) is 19.2 Å². The fraction of sp³-hybridized carbons (Fsp3) is 0.349. The summed E-state index contributed by atoms with van der Waals surface area (Å²) in [6.07, 6.45) is 6.44. The number of hydrogen-bond donors (Lipinski definition) is 2. The average molecular weight is 683 g/mol. The molecule has 0 spiro atoms. The lowest BCUT2D eigenvalue weighted by Gasteiger charge is -2.43. The number of rotatable bonds is 8. The number of fused-ring (bicyclic) bond motifs is 12. The predicted octanol–water partition coefficient (Wildman–Crippen LogP) is 8.34. The van der Waals surface area contributed by atoms with Crippen LogP contribution in [0.4, 0.5) is 0 Å². The lowest BCUT2D eigenvalue weighted by atomic mass is 9.61. The Balaban J connectivity index is 0.826. The number of carbonyl (C=O) groups is 4. The van der Waals surface area contributed by atoms with Crippen LogP contribution in [-0.2, 0) is 0 Å². The number of benzene rings is 4. The van der Waals surface area contributed by atoms with Gasteiger partial charge in [-0.2, -0.15) is 0 Å². The molecule has 4 bridgehead atoms. The Morgan fingerprint density at radius 1 is 0.451 bits per heavy atom. The molecule has 2 N–H and O–H groups in total. The van der Waals surface area contributed by atoms with Crippen LogP contribution in [-0.4, -0.2) is 34.1 Å². The van der Waals surface area contributed by atoms with Crippen molar-refractivity contribution in [1.29, 1.82) is 0 Å². The summed E-state index contributed by atoms with van der Waals surface area (Å²) < 4.78 is 11.2.